The molecule has 4 nitrogen and oxygen atoms in total. The molecule has 0 bridgehead atoms. The summed E-state index contributed by atoms with van der Waals surface area (Å²) in [5.41, 5.74) is 6.68. The van der Waals surface area contributed by atoms with E-state index in [4.69, 9.17) is 5.73 Å². The van der Waals surface area contributed by atoms with E-state index in [0.29, 0.717) is 5.56 Å². The van der Waals surface area contributed by atoms with Crippen molar-refractivity contribution in [3.8, 4) is 6.07 Å². The number of benzene rings is 1. The zero-order chi connectivity index (χ0) is 14.4. The number of primary amides is 1. The molecule has 0 aliphatic heterocycles. The van der Waals surface area contributed by atoms with Crippen LogP contribution in [-0.2, 0) is 4.79 Å². The van der Waals surface area contributed by atoms with E-state index in [1.54, 1.807) is 11.8 Å². The predicted octanol–water partition coefficient (Wildman–Crippen LogP) is 2.37. The number of hydrogen-bond acceptors (Lipinski definition) is 4. The maximum Gasteiger partial charge on any atom is 0.236 e. The Bertz CT molecular complexity index is 494. The van der Waals surface area contributed by atoms with Gasteiger partial charge in [0.25, 0.3) is 0 Å². The Balaban J connectivity index is 3.26. The van der Waals surface area contributed by atoms with E-state index in [-0.39, 0.29) is 12.6 Å². The van der Waals surface area contributed by atoms with Gasteiger partial charge in [-0.2, -0.15) is 5.26 Å². The first-order valence-electron chi connectivity index (χ1n) is 6.22. The van der Waals surface area contributed by atoms with Crippen molar-refractivity contribution in [3.05, 3.63) is 23.8 Å². The van der Waals surface area contributed by atoms with Crippen LogP contribution >= 0.6 is 11.8 Å². The molecule has 5 heteroatoms. The molecule has 0 aliphatic carbocycles. The fraction of sp³-hybridized carbons (Fsp3) is 0.429. The SMILES string of the molecule is CCSc1cccc(N(CC(N)=O)C(C)C)c1C#N. The van der Waals surface area contributed by atoms with Gasteiger partial charge in [-0.3, -0.25) is 4.79 Å². The molecule has 2 N–H and O–H groups in total. The number of nitrogens with zero attached hydrogens (tertiary/aromatic N) is 2. The summed E-state index contributed by atoms with van der Waals surface area (Å²) in [4.78, 5) is 14.0. The minimum Gasteiger partial charge on any atom is -0.368 e. The summed E-state index contributed by atoms with van der Waals surface area (Å²) < 4.78 is 0. The number of hydrogen-bond donors (Lipinski definition) is 1. The summed E-state index contributed by atoms with van der Waals surface area (Å²) in [5.74, 6) is 0.501. The van der Waals surface area contributed by atoms with Gasteiger partial charge in [0.2, 0.25) is 5.91 Å². The first-order valence-corrected chi connectivity index (χ1v) is 7.20. The second kappa shape index (κ2) is 7.05. The van der Waals surface area contributed by atoms with E-state index >= 15 is 0 Å². The van der Waals surface area contributed by atoms with Crippen molar-refractivity contribution in [1.82, 2.24) is 0 Å². The molecular formula is C14H19N3OS. The van der Waals surface area contributed by atoms with Crippen molar-refractivity contribution in [2.45, 2.75) is 31.7 Å². The molecule has 19 heavy (non-hydrogen) atoms. The number of rotatable bonds is 6. The molecule has 0 spiro atoms. The van der Waals surface area contributed by atoms with Crippen LogP contribution in [0.1, 0.15) is 26.3 Å². The van der Waals surface area contributed by atoms with Gasteiger partial charge in [-0.25, -0.2) is 0 Å². The molecular weight excluding hydrogens is 258 g/mol. The second-order valence-electron chi connectivity index (χ2n) is 4.38. The summed E-state index contributed by atoms with van der Waals surface area (Å²) in [7, 11) is 0. The topological polar surface area (TPSA) is 70.1 Å². The number of anilines is 1. The fourth-order valence-electron chi connectivity index (χ4n) is 1.86. The van der Waals surface area contributed by atoms with Crippen molar-refractivity contribution >= 4 is 23.4 Å². The van der Waals surface area contributed by atoms with Gasteiger partial charge in [-0.05, 0) is 31.7 Å². The summed E-state index contributed by atoms with van der Waals surface area (Å²) in [5, 5.41) is 9.38. The van der Waals surface area contributed by atoms with E-state index in [9.17, 15) is 10.1 Å². The minimum atomic E-state index is -0.397. The Hall–Kier alpha value is -1.67. The van der Waals surface area contributed by atoms with E-state index in [1.165, 1.54) is 0 Å². The van der Waals surface area contributed by atoms with Crippen molar-refractivity contribution in [2.75, 3.05) is 17.2 Å². The van der Waals surface area contributed by atoms with Gasteiger partial charge in [0, 0.05) is 10.9 Å². The lowest BCUT2D eigenvalue weighted by atomic mass is 10.1. The Labute approximate surface area is 118 Å². The average molecular weight is 277 g/mol. The Morgan fingerprint density at radius 3 is 2.68 bits per heavy atom. The summed E-state index contributed by atoms with van der Waals surface area (Å²) >= 11 is 1.62. The van der Waals surface area contributed by atoms with Crippen LogP contribution in [0.15, 0.2) is 23.1 Å². The molecule has 0 radical (unpaired) electrons. The van der Waals surface area contributed by atoms with Gasteiger partial charge < -0.3 is 10.6 Å². The third kappa shape index (κ3) is 3.90. The van der Waals surface area contributed by atoms with Crippen LogP contribution in [0.2, 0.25) is 0 Å². The molecule has 0 saturated carbocycles. The van der Waals surface area contributed by atoms with Crippen LogP contribution in [-0.4, -0.2) is 24.2 Å². The van der Waals surface area contributed by atoms with Crippen LogP contribution in [0.5, 0.6) is 0 Å². The van der Waals surface area contributed by atoms with Gasteiger partial charge in [0.05, 0.1) is 17.8 Å². The Morgan fingerprint density at radius 1 is 1.53 bits per heavy atom. The van der Waals surface area contributed by atoms with E-state index in [2.05, 4.69) is 6.07 Å². The normalized spacial score (nSPS) is 10.3. The zero-order valence-corrected chi connectivity index (χ0v) is 12.3. The van der Waals surface area contributed by atoms with Gasteiger partial charge in [-0.1, -0.05) is 13.0 Å². The summed E-state index contributed by atoms with van der Waals surface area (Å²) in [6, 6.07) is 8.04. The second-order valence-corrected chi connectivity index (χ2v) is 5.69. The van der Waals surface area contributed by atoms with Crippen molar-refractivity contribution in [2.24, 2.45) is 5.73 Å². The number of amides is 1. The van der Waals surface area contributed by atoms with Crippen molar-refractivity contribution in [3.63, 3.8) is 0 Å². The smallest absolute Gasteiger partial charge is 0.236 e. The lowest BCUT2D eigenvalue weighted by Gasteiger charge is -2.29. The lowest BCUT2D eigenvalue weighted by molar-refractivity contribution is -0.116. The summed E-state index contributed by atoms with van der Waals surface area (Å²) in [6.07, 6.45) is 0. The zero-order valence-electron chi connectivity index (χ0n) is 11.5. The molecule has 1 aromatic rings. The number of thioether (sulfide) groups is 1. The van der Waals surface area contributed by atoms with Crippen LogP contribution in [0.25, 0.3) is 0 Å². The standard InChI is InChI=1S/C14H19N3OS/c1-4-19-13-7-5-6-12(11(13)8-15)17(10(2)3)9-14(16)18/h5-7,10H,4,9H2,1-3H3,(H2,16,18). The third-order valence-corrected chi connectivity index (χ3v) is 3.61. The van der Waals surface area contributed by atoms with Gasteiger partial charge in [0.1, 0.15) is 6.07 Å². The Morgan fingerprint density at radius 2 is 2.21 bits per heavy atom. The van der Waals surface area contributed by atoms with Crippen LogP contribution in [0, 0.1) is 11.3 Å². The highest BCUT2D eigenvalue weighted by Gasteiger charge is 2.18. The predicted molar refractivity (Wildman–Crippen MR) is 79.2 cm³/mol. The molecule has 0 aliphatic rings. The molecule has 0 saturated heterocycles. The number of carbonyl (C=O) groups excluding carboxylic acids is 1. The molecule has 0 fully saturated rings. The largest absolute Gasteiger partial charge is 0.368 e. The molecule has 1 amide bonds. The molecule has 0 aromatic heterocycles. The molecule has 102 valence electrons. The number of nitriles is 1. The number of nitrogens with two attached hydrogens (primary N) is 1. The quantitative estimate of drug-likeness (QED) is 0.810. The monoisotopic (exact) mass is 277 g/mol. The van der Waals surface area contributed by atoms with Gasteiger partial charge in [0.15, 0.2) is 0 Å². The minimum absolute atomic E-state index is 0.0986. The molecule has 0 heterocycles. The highest BCUT2D eigenvalue weighted by atomic mass is 32.2. The van der Waals surface area contributed by atoms with E-state index in [0.717, 1.165) is 16.3 Å². The van der Waals surface area contributed by atoms with Crippen LogP contribution < -0.4 is 10.6 Å². The first-order chi connectivity index (χ1) is 9.01. The average Bonchev–Trinajstić information content (AvgIpc) is 2.35. The Kier molecular flexibility index (Phi) is 5.71. The lowest BCUT2D eigenvalue weighted by Crippen LogP contribution is -2.39. The van der Waals surface area contributed by atoms with Crippen LogP contribution in [0.4, 0.5) is 5.69 Å². The van der Waals surface area contributed by atoms with E-state index < -0.39 is 5.91 Å². The number of carbonyl (C=O) groups is 1. The molecule has 1 rings (SSSR count). The van der Waals surface area contributed by atoms with Crippen LogP contribution in [0.3, 0.4) is 0 Å². The van der Waals surface area contributed by atoms with E-state index in [1.807, 2.05) is 43.9 Å². The maximum absolute atomic E-state index is 11.2. The highest BCUT2D eigenvalue weighted by Crippen LogP contribution is 2.31. The fourth-order valence-corrected chi connectivity index (χ4v) is 2.64. The maximum atomic E-state index is 11.2. The first kappa shape index (κ1) is 15.4. The summed E-state index contributed by atoms with van der Waals surface area (Å²) in [6.45, 7) is 6.11. The third-order valence-electron chi connectivity index (χ3n) is 2.67. The van der Waals surface area contributed by atoms with Gasteiger partial charge in [-0.15, -0.1) is 11.8 Å². The molecule has 0 atom stereocenters. The van der Waals surface area contributed by atoms with Crippen molar-refractivity contribution in [1.29, 1.82) is 5.26 Å². The van der Waals surface area contributed by atoms with Crippen molar-refractivity contribution < 1.29 is 4.79 Å². The highest BCUT2D eigenvalue weighted by molar-refractivity contribution is 7.99. The molecule has 1 aromatic carbocycles. The molecule has 0 unspecified atom stereocenters. The van der Waals surface area contributed by atoms with Gasteiger partial charge >= 0.3 is 0 Å².